The molecule has 0 aliphatic carbocycles. The van der Waals surface area contributed by atoms with E-state index < -0.39 is 6.04 Å². The van der Waals surface area contributed by atoms with E-state index in [1.807, 2.05) is 20.8 Å². The van der Waals surface area contributed by atoms with Crippen LogP contribution in [0, 0.1) is 13.8 Å². The number of carbonyl (C=O) groups excluding carboxylic acids is 1. The lowest BCUT2D eigenvalue weighted by Gasteiger charge is -2.16. The Labute approximate surface area is 169 Å². The van der Waals surface area contributed by atoms with E-state index in [1.165, 1.54) is 4.57 Å². The number of nitrogens with one attached hydrogen (secondary N) is 1. The van der Waals surface area contributed by atoms with Gasteiger partial charge >= 0.3 is 5.97 Å². The maximum absolute atomic E-state index is 13.0. The predicted octanol–water partition coefficient (Wildman–Crippen LogP) is 3.96. The molecular formula is C21H26ClN3O3. The molecule has 1 atom stereocenters. The molecule has 6 nitrogen and oxygen atoms in total. The first-order valence-electron chi connectivity index (χ1n) is 9.69. The molecule has 2 aromatic rings. The molecule has 1 aromatic carbocycles. The molecule has 0 unspecified atom stereocenters. The summed E-state index contributed by atoms with van der Waals surface area (Å²) >= 11 is 6.31. The van der Waals surface area contributed by atoms with Crippen LogP contribution in [0.2, 0.25) is 5.15 Å². The number of rotatable bonds is 7. The second kappa shape index (κ2) is 8.78. The highest BCUT2D eigenvalue weighted by molar-refractivity contribution is 6.30. The quantitative estimate of drug-likeness (QED) is 0.559. The number of esters is 1. The molecule has 28 heavy (non-hydrogen) atoms. The van der Waals surface area contributed by atoms with Crippen LogP contribution < -0.4 is 10.9 Å². The Morgan fingerprint density at radius 1 is 1.32 bits per heavy atom. The maximum atomic E-state index is 13.0. The number of anilines is 1. The molecular weight excluding hydrogens is 378 g/mol. The SMILES string of the molecule is CCCCOC(=O)[C@@H]1CCc2c(Cl)nc(NCc3cc(C)cc(C)c3)c(=O)n21. The molecule has 0 bridgehead atoms. The molecule has 7 heteroatoms. The zero-order chi connectivity index (χ0) is 20.3. The van der Waals surface area contributed by atoms with Crippen molar-refractivity contribution in [3.05, 3.63) is 56.1 Å². The summed E-state index contributed by atoms with van der Waals surface area (Å²) in [6.07, 6.45) is 2.78. The second-order valence-corrected chi connectivity index (χ2v) is 7.66. The van der Waals surface area contributed by atoms with E-state index in [9.17, 15) is 9.59 Å². The van der Waals surface area contributed by atoms with Gasteiger partial charge in [0.25, 0.3) is 5.56 Å². The summed E-state index contributed by atoms with van der Waals surface area (Å²) in [4.78, 5) is 29.7. The molecule has 3 rings (SSSR count). The van der Waals surface area contributed by atoms with Crippen molar-refractivity contribution in [1.82, 2.24) is 9.55 Å². The summed E-state index contributed by atoms with van der Waals surface area (Å²) < 4.78 is 6.78. The highest BCUT2D eigenvalue weighted by Crippen LogP contribution is 2.29. The fourth-order valence-electron chi connectivity index (χ4n) is 3.61. The van der Waals surface area contributed by atoms with Gasteiger partial charge in [0.2, 0.25) is 0 Å². The van der Waals surface area contributed by atoms with Crippen LogP contribution >= 0.6 is 11.6 Å². The van der Waals surface area contributed by atoms with E-state index in [0.29, 0.717) is 31.7 Å². The Morgan fingerprint density at radius 2 is 2.04 bits per heavy atom. The fourth-order valence-corrected chi connectivity index (χ4v) is 3.88. The van der Waals surface area contributed by atoms with E-state index in [-0.39, 0.29) is 22.5 Å². The number of hydrogen-bond acceptors (Lipinski definition) is 5. The molecule has 2 heterocycles. The monoisotopic (exact) mass is 403 g/mol. The number of hydrogen-bond donors (Lipinski definition) is 1. The van der Waals surface area contributed by atoms with Crippen molar-refractivity contribution >= 4 is 23.4 Å². The third-order valence-corrected chi connectivity index (χ3v) is 5.18. The van der Waals surface area contributed by atoms with Crippen LogP contribution in [0.4, 0.5) is 5.82 Å². The van der Waals surface area contributed by atoms with Crippen LogP contribution in [-0.2, 0) is 22.5 Å². The molecule has 0 amide bonds. The van der Waals surface area contributed by atoms with Gasteiger partial charge < -0.3 is 10.1 Å². The van der Waals surface area contributed by atoms with Gasteiger partial charge in [0.05, 0.1) is 12.3 Å². The molecule has 1 aliphatic rings. The average molecular weight is 404 g/mol. The van der Waals surface area contributed by atoms with Crippen LogP contribution in [0.3, 0.4) is 0 Å². The number of unbranched alkanes of at least 4 members (excludes halogenated alkanes) is 1. The minimum atomic E-state index is -0.637. The highest BCUT2D eigenvalue weighted by atomic mass is 35.5. The van der Waals surface area contributed by atoms with Crippen molar-refractivity contribution in [3.8, 4) is 0 Å². The van der Waals surface area contributed by atoms with Gasteiger partial charge in [-0.15, -0.1) is 0 Å². The van der Waals surface area contributed by atoms with Crippen LogP contribution in [0.1, 0.15) is 54.6 Å². The van der Waals surface area contributed by atoms with E-state index >= 15 is 0 Å². The van der Waals surface area contributed by atoms with Crippen molar-refractivity contribution in [2.45, 2.75) is 59.0 Å². The van der Waals surface area contributed by atoms with Crippen molar-refractivity contribution < 1.29 is 9.53 Å². The van der Waals surface area contributed by atoms with Crippen LogP contribution in [0.5, 0.6) is 0 Å². The normalized spacial score (nSPS) is 15.4. The van der Waals surface area contributed by atoms with E-state index in [2.05, 4.69) is 28.5 Å². The smallest absolute Gasteiger partial charge is 0.329 e. The molecule has 1 aliphatic heterocycles. The molecule has 0 saturated heterocycles. The molecule has 0 fully saturated rings. The van der Waals surface area contributed by atoms with Gasteiger partial charge in [-0.3, -0.25) is 9.36 Å². The molecule has 150 valence electrons. The van der Waals surface area contributed by atoms with Crippen molar-refractivity contribution in [3.63, 3.8) is 0 Å². The molecule has 1 N–H and O–H groups in total. The zero-order valence-electron chi connectivity index (χ0n) is 16.5. The van der Waals surface area contributed by atoms with Gasteiger partial charge in [0, 0.05) is 6.54 Å². The lowest BCUT2D eigenvalue weighted by Crippen LogP contribution is -2.31. The molecule has 0 spiro atoms. The average Bonchev–Trinajstić information content (AvgIpc) is 3.09. The van der Waals surface area contributed by atoms with Crippen molar-refractivity contribution in [1.29, 1.82) is 0 Å². The molecule has 0 saturated carbocycles. The van der Waals surface area contributed by atoms with Gasteiger partial charge in [0.1, 0.15) is 6.04 Å². The first kappa shape index (κ1) is 20.4. The zero-order valence-corrected chi connectivity index (χ0v) is 17.3. The van der Waals surface area contributed by atoms with Crippen LogP contribution in [0.15, 0.2) is 23.0 Å². The molecule has 0 radical (unpaired) electrons. The Hall–Kier alpha value is -2.34. The third kappa shape index (κ3) is 4.38. The summed E-state index contributed by atoms with van der Waals surface area (Å²) in [6.45, 7) is 6.91. The summed E-state index contributed by atoms with van der Waals surface area (Å²) in [6, 6.07) is 5.57. The number of aromatic nitrogens is 2. The van der Waals surface area contributed by atoms with Gasteiger partial charge in [-0.1, -0.05) is 54.3 Å². The second-order valence-electron chi connectivity index (χ2n) is 7.30. The number of nitrogens with zero attached hydrogens (tertiary/aromatic N) is 2. The number of halogens is 1. The van der Waals surface area contributed by atoms with Gasteiger partial charge in [-0.05, 0) is 38.7 Å². The number of fused-ring (bicyclic) bond motifs is 1. The maximum Gasteiger partial charge on any atom is 0.329 e. The predicted molar refractivity (Wildman–Crippen MR) is 110 cm³/mol. The number of carbonyl (C=O) groups is 1. The highest BCUT2D eigenvalue weighted by Gasteiger charge is 2.33. The Kier molecular flexibility index (Phi) is 6.39. The number of ether oxygens (including phenoxy) is 1. The van der Waals surface area contributed by atoms with Gasteiger partial charge in [-0.2, -0.15) is 0 Å². The summed E-state index contributed by atoms with van der Waals surface area (Å²) in [7, 11) is 0. The largest absolute Gasteiger partial charge is 0.464 e. The Morgan fingerprint density at radius 3 is 2.71 bits per heavy atom. The Bertz CT molecular complexity index is 919. The minimum Gasteiger partial charge on any atom is -0.464 e. The lowest BCUT2D eigenvalue weighted by atomic mass is 10.1. The van der Waals surface area contributed by atoms with Gasteiger partial charge in [-0.25, -0.2) is 9.78 Å². The first-order valence-corrected chi connectivity index (χ1v) is 10.1. The lowest BCUT2D eigenvalue weighted by molar-refractivity contribution is -0.147. The molecule has 1 aromatic heterocycles. The summed E-state index contributed by atoms with van der Waals surface area (Å²) in [5.74, 6) is -0.224. The topological polar surface area (TPSA) is 73.2 Å². The van der Waals surface area contributed by atoms with E-state index in [4.69, 9.17) is 16.3 Å². The number of aryl methyl sites for hydroxylation is 2. The third-order valence-electron chi connectivity index (χ3n) is 4.88. The van der Waals surface area contributed by atoms with Crippen molar-refractivity contribution in [2.75, 3.05) is 11.9 Å². The minimum absolute atomic E-state index is 0.154. The van der Waals surface area contributed by atoms with E-state index in [0.717, 1.165) is 29.5 Å². The van der Waals surface area contributed by atoms with Crippen LogP contribution in [0.25, 0.3) is 0 Å². The Balaban J connectivity index is 1.83. The summed E-state index contributed by atoms with van der Waals surface area (Å²) in [5.41, 5.74) is 3.63. The standard InChI is InChI=1S/C21H26ClN3O3/c1-4-5-8-28-21(27)17-7-6-16-18(22)24-19(20(26)25(16)17)23-12-15-10-13(2)9-14(3)11-15/h9-11,17H,4-8,12H2,1-3H3,(H,23,24)/t17-/m0/s1. The van der Waals surface area contributed by atoms with Gasteiger partial charge in [0.15, 0.2) is 11.0 Å². The number of benzene rings is 1. The summed E-state index contributed by atoms with van der Waals surface area (Å²) in [5, 5.41) is 3.34. The fraction of sp³-hybridized carbons (Fsp3) is 0.476. The first-order chi connectivity index (χ1) is 13.4. The van der Waals surface area contributed by atoms with Crippen molar-refractivity contribution in [2.24, 2.45) is 0 Å². The van der Waals surface area contributed by atoms with E-state index in [1.54, 1.807) is 0 Å². The van der Waals surface area contributed by atoms with Crippen LogP contribution in [-0.4, -0.2) is 22.1 Å².